The van der Waals surface area contributed by atoms with Crippen molar-refractivity contribution in [3.8, 4) is 0 Å². The highest BCUT2D eigenvalue weighted by Crippen LogP contribution is 2.38. The number of benzene rings is 1. The van der Waals surface area contributed by atoms with E-state index in [0.29, 0.717) is 5.92 Å². The number of carbonyl (C=O) groups excluding carboxylic acids is 1. The first-order valence-electron chi connectivity index (χ1n) is 9.13. The van der Waals surface area contributed by atoms with E-state index in [1.807, 2.05) is 18.2 Å². The first kappa shape index (κ1) is 19.5. The van der Waals surface area contributed by atoms with Crippen molar-refractivity contribution in [3.05, 3.63) is 35.9 Å². The SMILES string of the molecule is O=C(O)[C@@H]1CN(C(=O)NC2CCC(Cc3ccccc3)C2)C[C@H]1C(F)(F)F. The molecule has 1 saturated heterocycles. The topological polar surface area (TPSA) is 69.6 Å². The molecule has 4 atom stereocenters. The molecule has 2 fully saturated rings. The lowest BCUT2D eigenvalue weighted by atomic mass is 9.96. The van der Waals surface area contributed by atoms with Gasteiger partial charge in [-0.3, -0.25) is 4.79 Å². The number of hydrogen-bond donors (Lipinski definition) is 2. The van der Waals surface area contributed by atoms with Gasteiger partial charge in [0.15, 0.2) is 0 Å². The molecule has 1 aliphatic carbocycles. The highest BCUT2D eigenvalue weighted by atomic mass is 19.4. The second-order valence-corrected chi connectivity index (χ2v) is 7.51. The van der Waals surface area contributed by atoms with Gasteiger partial charge in [-0.2, -0.15) is 13.2 Å². The third kappa shape index (κ3) is 4.73. The molecule has 2 amide bonds. The predicted molar refractivity (Wildman–Crippen MR) is 92.1 cm³/mol. The van der Waals surface area contributed by atoms with Crippen LogP contribution in [0.5, 0.6) is 0 Å². The van der Waals surface area contributed by atoms with Gasteiger partial charge in [-0.1, -0.05) is 30.3 Å². The van der Waals surface area contributed by atoms with Crippen LogP contribution in [0.15, 0.2) is 30.3 Å². The number of hydrogen-bond acceptors (Lipinski definition) is 2. The summed E-state index contributed by atoms with van der Waals surface area (Å²) in [6.07, 6.45) is -1.22. The number of amides is 2. The smallest absolute Gasteiger partial charge is 0.394 e. The third-order valence-electron chi connectivity index (χ3n) is 5.58. The van der Waals surface area contributed by atoms with Crippen molar-refractivity contribution >= 4 is 12.0 Å². The maximum atomic E-state index is 13.0. The number of carboxylic acids is 1. The molecule has 0 aromatic heterocycles. The third-order valence-corrected chi connectivity index (χ3v) is 5.58. The summed E-state index contributed by atoms with van der Waals surface area (Å²) < 4.78 is 39.1. The van der Waals surface area contributed by atoms with Crippen LogP contribution in [0.3, 0.4) is 0 Å². The Morgan fingerprint density at radius 3 is 2.44 bits per heavy atom. The number of halogens is 3. The molecule has 27 heavy (non-hydrogen) atoms. The maximum absolute atomic E-state index is 13.0. The molecule has 2 aliphatic rings. The molecule has 0 radical (unpaired) electrons. The van der Waals surface area contributed by atoms with E-state index in [1.54, 1.807) is 0 Å². The second kappa shape index (κ2) is 7.78. The van der Waals surface area contributed by atoms with Gasteiger partial charge in [0.05, 0.1) is 11.8 Å². The zero-order chi connectivity index (χ0) is 19.6. The molecule has 5 nitrogen and oxygen atoms in total. The number of rotatable bonds is 4. The number of aliphatic carboxylic acids is 1. The molecule has 3 rings (SSSR count). The Labute approximate surface area is 155 Å². The highest BCUT2D eigenvalue weighted by Gasteiger charge is 2.53. The molecular weight excluding hydrogens is 361 g/mol. The van der Waals surface area contributed by atoms with Gasteiger partial charge in [0.2, 0.25) is 0 Å². The van der Waals surface area contributed by atoms with Crippen LogP contribution in [0.25, 0.3) is 0 Å². The summed E-state index contributed by atoms with van der Waals surface area (Å²) in [7, 11) is 0. The molecule has 1 heterocycles. The van der Waals surface area contributed by atoms with Crippen LogP contribution in [0.2, 0.25) is 0 Å². The van der Waals surface area contributed by atoms with Crippen LogP contribution in [0.4, 0.5) is 18.0 Å². The molecule has 0 spiro atoms. The number of carboxylic acid groups (broad SMARTS) is 1. The second-order valence-electron chi connectivity index (χ2n) is 7.51. The zero-order valence-corrected chi connectivity index (χ0v) is 14.8. The molecule has 0 bridgehead atoms. The lowest BCUT2D eigenvalue weighted by Crippen LogP contribution is -2.43. The summed E-state index contributed by atoms with van der Waals surface area (Å²) in [6.45, 7) is -1.02. The fourth-order valence-electron chi connectivity index (χ4n) is 4.16. The summed E-state index contributed by atoms with van der Waals surface area (Å²) in [6, 6.07) is 9.34. The first-order chi connectivity index (χ1) is 12.7. The molecule has 1 aromatic rings. The van der Waals surface area contributed by atoms with Crippen LogP contribution in [0, 0.1) is 17.8 Å². The number of nitrogens with zero attached hydrogens (tertiary/aromatic N) is 1. The van der Waals surface area contributed by atoms with Crippen LogP contribution in [-0.4, -0.2) is 47.3 Å². The van der Waals surface area contributed by atoms with Gasteiger partial charge in [0, 0.05) is 19.1 Å². The Balaban J connectivity index is 1.53. The van der Waals surface area contributed by atoms with Crippen LogP contribution in [0.1, 0.15) is 24.8 Å². The van der Waals surface area contributed by atoms with Crippen molar-refractivity contribution in [1.82, 2.24) is 10.2 Å². The van der Waals surface area contributed by atoms with E-state index in [4.69, 9.17) is 5.11 Å². The van der Waals surface area contributed by atoms with Gasteiger partial charge in [-0.05, 0) is 37.2 Å². The fraction of sp³-hybridized carbons (Fsp3) is 0.579. The van der Waals surface area contributed by atoms with Crippen LogP contribution < -0.4 is 5.32 Å². The van der Waals surface area contributed by atoms with E-state index >= 15 is 0 Å². The summed E-state index contributed by atoms with van der Waals surface area (Å²) in [5.74, 6) is -4.72. The standard InChI is InChI=1S/C19H23F3N2O3/c20-19(21,22)16-11-24(10-15(16)17(25)26)18(27)23-14-7-6-13(9-14)8-12-4-2-1-3-5-12/h1-5,13-16H,6-11H2,(H,23,27)(H,25,26)/t13?,14?,15-,16-/m1/s1. The van der Waals surface area contributed by atoms with E-state index in [9.17, 15) is 22.8 Å². The minimum Gasteiger partial charge on any atom is -0.481 e. The molecule has 8 heteroatoms. The van der Waals surface area contributed by atoms with Crippen LogP contribution in [-0.2, 0) is 11.2 Å². The number of carbonyl (C=O) groups is 2. The first-order valence-corrected chi connectivity index (χ1v) is 9.13. The predicted octanol–water partition coefficient (Wildman–Crippen LogP) is 3.30. The summed E-state index contributed by atoms with van der Waals surface area (Å²) in [5.41, 5.74) is 1.23. The molecule has 1 aliphatic heterocycles. The fourth-order valence-corrected chi connectivity index (χ4v) is 4.16. The van der Waals surface area contributed by atoms with E-state index < -0.39 is 43.1 Å². The lowest BCUT2D eigenvalue weighted by Gasteiger charge is -2.21. The van der Waals surface area contributed by atoms with Gasteiger partial charge in [0.1, 0.15) is 0 Å². The summed E-state index contributed by atoms with van der Waals surface area (Å²) >= 11 is 0. The Morgan fingerprint density at radius 1 is 1.15 bits per heavy atom. The highest BCUT2D eigenvalue weighted by molar-refractivity contribution is 5.78. The van der Waals surface area contributed by atoms with Crippen molar-refractivity contribution in [2.75, 3.05) is 13.1 Å². The lowest BCUT2D eigenvalue weighted by molar-refractivity contribution is -0.187. The Kier molecular flexibility index (Phi) is 5.62. The molecular formula is C19H23F3N2O3. The molecule has 148 valence electrons. The number of alkyl halides is 3. The van der Waals surface area contributed by atoms with Crippen molar-refractivity contribution in [2.24, 2.45) is 17.8 Å². The van der Waals surface area contributed by atoms with Gasteiger partial charge >= 0.3 is 18.2 Å². The monoisotopic (exact) mass is 384 g/mol. The maximum Gasteiger partial charge on any atom is 0.394 e. The average molecular weight is 384 g/mol. The number of nitrogens with one attached hydrogen (secondary N) is 1. The Hall–Kier alpha value is -2.25. The van der Waals surface area contributed by atoms with Gasteiger partial charge in [0.25, 0.3) is 0 Å². The normalized spacial score (nSPS) is 28.3. The van der Waals surface area contributed by atoms with Crippen molar-refractivity contribution < 1.29 is 27.9 Å². The number of likely N-dealkylation sites (tertiary alicyclic amines) is 1. The summed E-state index contributed by atoms with van der Waals surface area (Å²) in [4.78, 5) is 24.5. The van der Waals surface area contributed by atoms with Crippen molar-refractivity contribution in [1.29, 1.82) is 0 Å². The van der Waals surface area contributed by atoms with E-state index in [0.717, 1.165) is 30.6 Å². The Bertz CT molecular complexity index is 681. The zero-order valence-electron chi connectivity index (χ0n) is 14.8. The molecule has 1 aromatic carbocycles. The summed E-state index contributed by atoms with van der Waals surface area (Å²) in [5, 5.41) is 11.8. The molecule has 2 unspecified atom stereocenters. The van der Waals surface area contributed by atoms with E-state index in [1.165, 1.54) is 5.56 Å². The van der Waals surface area contributed by atoms with Crippen molar-refractivity contribution in [3.63, 3.8) is 0 Å². The van der Waals surface area contributed by atoms with Crippen molar-refractivity contribution in [2.45, 2.75) is 37.9 Å². The van der Waals surface area contributed by atoms with E-state index in [2.05, 4.69) is 17.4 Å². The molecule has 1 saturated carbocycles. The Morgan fingerprint density at radius 2 is 1.85 bits per heavy atom. The van der Waals surface area contributed by atoms with Gasteiger partial charge in [-0.15, -0.1) is 0 Å². The van der Waals surface area contributed by atoms with E-state index in [-0.39, 0.29) is 6.04 Å². The minimum absolute atomic E-state index is 0.0839. The quantitative estimate of drug-likeness (QED) is 0.837. The molecule has 2 N–H and O–H groups in total. The largest absolute Gasteiger partial charge is 0.481 e. The number of urea groups is 1. The van der Waals surface area contributed by atoms with Gasteiger partial charge in [-0.25, -0.2) is 4.79 Å². The van der Waals surface area contributed by atoms with Gasteiger partial charge < -0.3 is 15.3 Å². The minimum atomic E-state index is -4.63. The average Bonchev–Trinajstić information content (AvgIpc) is 3.22. The van der Waals surface area contributed by atoms with Crippen LogP contribution >= 0.6 is 0 Å².